The molecule has 0 aromatic rings. The topological polar surface area (TPSA) is 111 Å². The maximum atomic E-state index is 12.9. The van der Waals surface area contributed by atoms with E-state index >= 15 is 0 Å². The summed E-state index contributed by atoms with van der Waals surface area (Å²) in [4.78, 5) is 38.1. The van der Waals surface area contributed by atoms with Crippen LogP contribution in [0.25, 0.3) is 0 Å². The Kier molecular flexibility index (Phi) is 63.7. The van der Waals surface area contributed by atoms with Gasteiger partial charge < -0.3 is 27.9 Å². The summed E-state index contributed by atoms with van der Waals surface area (Å²) in [6.45, 7) is 4.01. The van der Waals surface area contributed by atoms with E-state index in [-0.39, 0.29) is 32.0 Å². The van der Waals surface area contributed by atoms with E-state index in [0.29, 0.717) is 17.4 Å². The quantitative estimate of drug-likeness (QED) is 0.0195. The molecular weight excluding hydrogens is 1110 g/mol. The molecule has 10 heteroatoms. The average molecular weight is 1240 g/mol. The zero-order chi connectivity index (χ0) is 64.1. The van der Waals surface area contributed by atoms with Crippen molar-refractivity contribution in [3.63, 3.8) is 0 Å². The first-order valence-corrected chi connectivity index (χ1v) is 36.7. The maximum absolute atomic E-state index is 12.9. The van der Waals surface area contributed by atoms with Gasteiger partial charge in [-0.2, -0.15) is 0 Å². The van der Waals surface area contributed by atoms with E-state index in [1.807, 2.05) is 21.1 Å². The summed E-state index contributed by atoms with van der Waals surface area (Å²) in [7, 11) is 1.15. The smallest absolute Gasteiger partial charge is 0.306 e. The van der Waals surface area contributed by atoms with Gasteiger partial charge in [0.25, 0.3) is 7.82 Å². The van der Waals surface area contributed by atoms with Crippen LogP contribution in [0.3, 0.4) is 0 Å². The van der Waals surface area contributed by atoms with E-state index in [9.17, 15) is 19.0 Å². The molecule has 0 saturated heterocycles. The Morgan fingerprint density at radius 3 is 0.909 bits per heavy atom. The molecular formula is C78H130NO8P. The first-order chi connectivity index (χ1) is 43.0. The van der Waals surface area contributed by atoms with Crippen molar-refractivity contribution in [2.75, 3.05) is 47.5 Å². The third kappa shape index (κ3) is 70.7. The molecule has 0 heterocycles. The molecule has 0 radical (unpaired) electrons. The molecule has 0 aromatic heterocycles. The Labute approximate surface area is 541 Å². The molecule has 0 aliphatic heterocycles. The van der Waals surface area contributed by atoms with Crippen molar-refractivity contribution in [3.8, 4) is 0 Å². The summed E-state index contributed by atoms with van der Waals surface area (Å²) in [5.74, 6) is -0.845. The highest BCUT2D eigenvalue weighted by atomic mass is 31.2. The molecule has 0 bridgehead atoms. The van der Waals surface area contributed by atoms with Crippen LogP contribution in [0.4, 0.5) is 0 Å². The molecule has 0 fully saturated rings. The van der Waals surface area contributed by atoms with Crippen molar-refractivity contribution in [2.45, 2.75) is 277 Å². The van der Waals surface area contributed by atoms with Crippen molar-refractivity contribution in [1.29, 1.82) is 0 Å². The summed E-state index contributed by atoms with van der Waals surface area (Å²) in [5, 5.41) is 0. The van der Waals surface area contributed by atoms with Crippen molar-refractivity contribution < 1.29 is 42.1 Å². The van der Waals surface area contributed by atoms with Gasteiger partial charge in [0, 0.05) is 12.8 Å². The minimum Gasteiger partial charge on any atom is -0.756 e. The van der Waals surface area contributed by atoms with Crippen LogP contribution < -0.4 is 4.89 Å². The number of carbonyl (C=O) groups is 2. The number of phosphoric ester groups is 1. The van der Waals surface area contributed by atoms with Gasteiger partial charge in [-0.1, -0.05) is 294 Å². The molecule has 2 atom stereocenters. The van der Waals surface area contributed by atoms with E-state index in [2.05, 4.69) is 172 Å². The number of nitrogens with zero attached hydrogens (tertiary/aromatic N) is 1. The fourth-order valence-electron chi connectivity index (χ4n) is 9.23. The number of unbranched alkanes of at least 4 members (excludes halogenated alkanes) is 23. The predicted octanol–water partition coefficient (Wildman–Crippen LogP) is 22.5. The number of ether oxygens (including phenoxy) is 2. The summed E-state index contributed by atoms with van der Waals surface area (Å²) < 4.78 is 34.3. The second-order valence-corrected chi connectivity index (χ2v) is 25.5. The predicted molar refractivity (Wildman–Crippen MR) is 378 cm³/mol. The Hall–Kier alpha value is -4.37. The van der Waals surface area contributed by atoms with Gasteiger partial charge in [-0.3, -0.25) is 14.2 Å². The van der Waals surface area contributed by atoms with Crippen molar-refractivity contribution in [1.82, 2.24) is 0 Å². The third-order valence-corrected chi connectivity index (χ3v) is 15.5. The highest BCUT2D eigenvalue weighted by molar-refractivity contribution is 7.45. The average Bonchev–Trinajstić information content (AvgIpc) is 3.68. The number of rotatable bonds is 63. The van der Waals surface area contributed by atoms with Gasteiger partial charge in [0.1, 0.15) is 19.8 Å². The second kappa shape index (κ2) is 67.0. The van der Waals surface area contributed by atoms with E-state index in [1.54, 1.807) is 0 Å². The monoisotopic (exact) mass is 1240 g/mol. The van der Waals surface area contributed by atoms with Crippen molar-refractivity contribution >= 4 is 19.8 Å². The number of likely N-dealkylation sites (N-methyl/N-ethyl adjacent to an activating group) is 1. The van der Waals surface area contributed by atoms with Gasteiger partial charge in [0.15, 0.2) is 6.10 Å². The summed E-state index contributed by atoms with van der Waals surface area (Å²) in [6.07, 6.45) is 100. The van der Waals surface area contributed by atoms with Crippen LogP contribution in [0, 0.1) is 0 Å². The van der Waals surface area contributed by atoms with E-state index in [1.165, 1.54) is 109 Å². The lowest BCUT2D eigenvalue weighted by Gasteiger charge is -2.28. The molecule has 9 nitrogen and oxygen atoms in total. The molecule has 0 saturated carbocycles. The largest absolute Gasteiger partial charge is 0.756 e. The maximum Gasteiger partial charge on any atom is 0.306 e. The summed E-state index contributed by atoms with van der Waals surface area (Å²) in [5.41, 5.74) is 0. The third-order valence-electron chi connectivity index (χ3n) is 14.5. The molecule has 500 valence electrons. The molecule has 0 aliphatic carbocycles. The first kappa shape index (κ1) is 83.6. The zero-order valence-corrected chi connectivity index (χ0v) is 57.8. The Morgan fingerprint density at radius 2 is 0.614 bits per heavy atom. The molecule has 2 unspecified atom stereocenters. The molecule has 88 heavy (non-hydrogen) atoms. The van der Waals surface area contributed by atoms with Gasteiger partial charge in [-0.05, 0) is 122 Å². The normalized spacial score (nSPS) is 14.1. The fourth-order valence-corrected chi connectivity index (χ4v) is 9.96. The van der Waals surface area contributed by atoms with E-state index in [4.69, 9.17) is 18.5 Å². The molecule has 0 rings (SSSR count). The SMILES string of the molecule is CC/C=C\C/C=C\C/C=C\C/C=C\C/C=C\C/C=C\C/C=C\C/C=C\C/C=C\CCCCCCCCCCCC(=O)OC(COC(=O)CCCCCCCCCCCCCCCC/C=C\C/C=C\C/C=C\C/C=C\CC)COP(=O)([O-])OCC[N+](C)(C)C. The van der Waals surface area contributed by atoms with Crippen LogP contribution in [-0.4, -0.2) is 70.0 Å². The van der Waals surface area contributed by atoms with E-state index < -0.39 is 26.5 Å². The van der Waals surface area contributed by atoms with Gasteiger partial charge >= 0.3 is 11.9 Å². The lowest BCUT2D eigenvalue weighted by atomic mass is 10.0. The van der Waals surface area contributed by atoms with Gasteiger partial charge in [-0.25, -0.2) is 0 Å². The standard InChI is InChI=1S/C78H130NO8P/c1-6-8-10-12-14-16-18-20-22-24-26-28-30-32-34-35-36-37-38-39-40-41-42-43-45-47-49-51-53-55-57-59-61-63-65-67-69-71-78(81)87-76(75-86-88(82,83)85-73-72-79(3,4)5)74-84-77(80)70-68-66-64-62-60-58-56-54-52-50-48-46-44-33-31-29-27-25-23-21-19-17-15-13-11-9-7-2/h8-11,14-17,20-23,26-29,32,34,36-37,39-40,42-43,47,49,76H,6-7,12-13,18-19,24-25,30-31,33,35,38,41,44-46,48,50-75H2,1-5H3/b10-8-,11-9-,16-14-,17-15-,22-20-,23-21-,28-26-,29-27-,34-32-,37-36-,40-39-,43-42-,49-47-. The lowest BCUT2D eigenvalue weighted by Crippen LogP contribution is -2.37. The second-order valence-electron chi connectivity index (χ2n) is 24.1. The van der Waals surface area contributed by atoms with Crippen LogP contribution >= 0.6 is 7.82 Å². The van der Waals surface area contributed by atoms with Crippen LogP contribution in [0.5, 0.6) is 0 Å². The highest BCUT2D eigenvalue weighted by Gasteiger charge is 2.22. The van der Waals surface area contributed by atoms with Crippen LogP contribution in [0.15, 0.2) is 158 Å². The number of carbonyl (C=O) groups excluding carboxylic acids is 2. The summed E-state index contributed by atoms with van der Waals surface area (Å²) >= 11 is 0. The summed E-state index contributed by atoms with van der Waals surface area (Å²) in [6, 6.07) is 0. The number of hydrogen-bond acceptors (Lipinski definition) is 8. The molecule has 0 aliphatic rings. The van der Waals surface area contributed by atoms with Gasteiger partial charge in [0.2, 0.25) is 0 Å². The minimum absolute atomic E-state index is 0.0393. The number of allylic oxidation sites excluding steroid dienone is 26. The Morgan fingerprint density at radius 1 is 0.352 bits per heavy atom. The number of esters is 2. The number of phosphoric acid groups is 1. The van der Waals surface area contributed by atoms with Crippen molar-refractivity contribution in [2.24, 2.45) is 0 Å². The Bertz CT molecular complexity index is 2040. The van der Waals surface area contributed by atoms with Crippen LogP contribution in [0.1, 0.15) is 271 Å². The molecule has 0 spiro atoms. The highest BCUT2D eigenvalue weighted by Crippen LogP contribution is 2.38. The van der Waals surface area contributed by atoms with E-state index in [0.717, 1.165) is 128 Å². The molecule has 0 N–H and O–H groups in total. The lowest BCUT2D eigenvalue weighted by molar-refractivity contribution is -0.870. The molecule has 0 amide bonds. The number of quaternary nitrogens is 1. The van der Waals surface area contributed by atoms with Crippen LogP contribution in [0.2, 0.25) is 0 Å². The Balaban J connectivity index is 4.11. The van der Waals surface area contributed by atoms with Gasteiger partial charge in [-0.15, -0.1) is 0 Å². The molecule has 0 aromatic carbocycles. The zero-order valence-electron chi connectivity index (χ0n) is 56.9. The number of hydrogen-bond donors (Lipinski definition) is 0. The van der Waals surface area contributed by atoms with Gasteiger partial charge in [0.05, 0.1) is 27.7 Å². The fraction of sp³-hybridized carbons (Fsp3) is 0.641. The van der Waals surface area contributed by atoms with Crippen molar-refractivity contribution in [3.05, 3.63) is 158 Å². The minimum atomic E-state index is -4.65. The van der Waals surface area contributed by atoms with Crippen LogP contribution in [-0.2, 0) is 32.7 Å². The first-order valence-electron chi connectivity index (χ1n) is 35.2.